The molecule has 700 valence electrons. The number of nitrogens with two attached hydrogens (primary N) is 2. The van der Waals surface area contributed by atoms with Gasteiger partial charge in [0.15, 0.2) is 44.0 Å². The fourth-order valence-corrected chi connectivity index (χ4v) is 15.8. The largest absolute Gasteiger partial charge is 0.477 e. The standard InChI is InChI=1S/C60H104N2O56P2/c61-23-30(79)28(77)20(103-50(23)89)9-100-51-24(62)31(80)44(117-119(94,95)96)22(107-51)11-102-59(57(90)91)2-17(114-60(58(92)93)1-12(69)25(74)41(115-60)14(71)4-64)45(43(116-59)16(73)6-66)110-55-38(87)47(36(85)40(108-55)13(70)3-63)112-56-39(88)48(49(118-120(97,98)99)42(109-56)15(72)5-65)113-54-37(86)46(111-53-35(84)33(82)27(76)19(8-68)105-53)29(78)21(106-54)10-101-52-34(83)32(81)26(75)18(7-67)104-52/h12-56,63-89H,1-11,61-62H2,(H,90,91)(H,92,93)(H2,94,95,96)(H2,97,98,99)/t12-,13+,14-,15-,16-,17-,18-,19-,20-,21-,22-,23-,24-,25-,26+,27+,28-,29-,30-,31-,32+,33+,34-,35-,36-,37-,38+,39+,40-,41-,42-,43-,44-,45-,46+,47+,48-,49-,50+,51+,52+,53-,54-,55-,56+,59-,60-/m1/s1. The lowest BCUT2D eigenvalue weighted by Crippen LogP contribution is -2.71. The number of ether oxygens (including phenoxy) is 17. The van der Waals surface area contributed by atoms with E-state index in [1.807, 2.05) is 0 Å². The van der Waals surface area contributed by atoms with E-state index in [0.29, 0.717) is 0 Å². The van der Waals surface area contributed by atoms with Crippen LogP contribution in [0, 0.1) is 0 Å². The number of carboxylic acid groups (broad SMARTS) is 2. The Labute approximate surface area is 673 Å². The van der Waals surface area contributed by atoms with Crippen molar-refractivity contribution >= 4 is 27.6 Å². The summed E-state index contributed by atoms with van der Waals surface area (Å²) >= 11 is 0. The van der Waals surface area contributed by atoms with Crippen molar-refractivity contribution in [2.45, 2.75) is 300 Å². The zero-order chi connectivity index (χ0) is 89.3. The fourth-order valence-electron chi connectivity index (χ4n) is 14.7. The molecule has 47 atom stereocenters. The molecule has 58 nitrogen and oxygen atoms in total. The Morgan fingerprint density at radius 2 is 0.775 bits per heavy atom. The molecule has 0 unspecified atom stereocenters. The van der Waals surface area contributed by atoms with Crippen LogP contribution in [0.4, 0.5) is 0 Å². The van der Waals surface area contributed by atoms with E-state index >= 15 is 0 Å². The van der Waals surface area contributed by atoms with Crippen LogP contribution in [0.3, 0.4) is 0 Å². The topological polar surface area (TPSA) is 963 Å². The molecular formula is C60H104N2O56P2. The third kappa shape index (κ3) is 22.2. The summed E-state index contributed by atoms with van der Waals surface area (Å²) in [4.78, 5) is 68.6. The van der Waals surface area contributed by atoms with E-state index in [0.717, 1.165) is 0 Å². The van der Waals surface area contributed by atoms with Crippen LogP contribution >= 0.6 is 15.6 Å². The zero-order valence-corrected chi connectivity index (χ0v) is 63.7. The third-order valence-electron chi connectivity index (χ3n) is 21.3. The molecule has 0 spiro atoms. The number of carboxylic acids is 2. The Balaban J connectivity index is 1.09. The second-order valence-electron chi connectivity index (χ2n) is 29.5. The monoisotopic (exact) mass is 1810 g/mol. The number of rotatable bonds is 35. The summed E-state index contributed by atoms with van der Waals surface area (Å²) in [5.41, 5.74) is 11.8. The first-order valence-electron chi connectivity index (χ1n) is 36.6. The van der Waals surface area contributed by atoms with E-state index < -0.39 is 387 Å². The van der Waals surface area contributed by atoms with Gasteiger partial charge in [-0.25, -0.2) is 18.7 Å². The van der Waals surface area contributed by atoms with Gasteiger partial charge in [-0.05, 0) is 0 Å². The minimum absolute atomic E-state index is 0.954. The van der Waals surface area contributed by atoms with Crippen LogP contribution in [-0.4, -0.2) is 526 Å². The Morgan fingerprint density at radius 3 is 1.31 bits per heavy atom. The number of phosphoric acid groups is 2. The van der Waals surface area contributed by atoms with Crippen LogP contribution in [0.5, 0.6) is 0 Å². The summed E-state index contributed by atoms with van der Waals surface area (Å²) in [6.07, 6.45) is -108. The summed E-state index contributed by atoms with van der Waals surface area (Å²) < 4.78 is 132. The molecule has 0 radical (unpaired) electrons. The van der Waals surface area contributed by atoms with E-state index in [-0.39, 0.29) is 0 Å². The van der Waals surface area contributed by atoms with Gasteiger partial charge in [-0.2, -0.15) is 0 Å². The van der Waals surface area contributed by atoms with Crippen LogP contribution in [0.2, 0.25) is 0 Å². The van der Waals surface area contributed by atoms with Gasteiger partial charge in [0.2, 0.25) is 0 Å². The van der Waals surface area contributed by atoms with Crippen LogP contribution in [0.25, 0.3) is 0 Å². The Kier molecular flexibility index (Phi) is 35.2. The molecule has 9 fully saturated rings. The average molecular weight is 1810 g/mol. The maximum Gasteiger partial charge on any atom is 0.470 e. The smallest absolute Gasteiger partial charge is 0.470 e. The van der Waals surface area contributed by atoms with Crippen LogP contribution in [-0.2, 0) is 108 Å². The molecule has 37 N–H and O–H groups in total. The first-order chi connectivity index (χ1) is 56.1. The van der Waals surface area contributed by atoms with Gasteiger partial charge in [-0.15, -0.1) is 0 Å². The molecular weight excluding hydrogens is 1710 g/mol. The van der Waals surface area contributed by atoms with Crippen molar-refractivity contribution in [2.75, 3.05) is 59.5 Å². The number of aliphatic hydroxyl groups is 27. The van der Waals surface area contributed by atoms with Crippen molar-refractivity contribution in [1.82, 2.24) is 0 Å². The minimum Gasteiger partial charge on any atom is -0.477 e. The third-order valence-corrected chi connectivity index (χ3v) is 22.3. The van der Waals surface area contributed by atoms with Crippen LogP contribution in [0.1, 0.15) is 12.8 Å². The second kappa shape index (κ2) is 41.8. The lowest BCUT2D eigenvalue weighted by molar-refractivity contribution is -0.410. The molecule has 0 aromatic rings. The Morgan fingerprint density at radius 1 is 0.367 bits per heavy atom. The molecule has 9 aliphatic heterocycles. The summed E-state index contributed by atoms with van der Waals surface area (Å²) in [5.74, 6) is -12.2. The van der Waals surface area contributed by atoms with Crippen molar-refractivity contribution in [2.24, 2.45) is 11.5 Å². The maximum atomic E-state index is 14.1. The van der Waals surface area contributed by atoms with Gasteiger partial charge in [-0.3, -0.25) is 9.05 Å². The Hall–Kier alpha value is -2.68. The van der Waals surface area contributed by atoms with Crippen LogP contribution in [0.15, 0.2) is 0 Å². The van der Waals surface area contributed by atoms with Crippen molar-refractivity contribution in [3.8, 4) is 0 Å². The van der Waals surface area contributed by atoms with Gasteiger partial charge in [0.25, 0.3) is 11.6 Å². The van der Waals surface area contributed by atoms with Gasteiger partial charge in [0.05, 0.1) is 83.8 Å². The molecule has 9 aliphatic rings. The highest BCUT2D eigenvalue weighted by molar-refractivity contribution is 7.46. The summed E-state index contributed by atoms with van der Waals surface area (Å²) in [5, 5.41) is 319. The lowest BCUT2D eigenvalue weighted by Gasteiger charge is -2.53. The maximum absolute atomic E-state index is 14.1. The summed E-state index contributed by atoms with van der Waals surface area (Å²) in [7, 11) is -12.0. The number of aliphatic carboxylic acids is 2. The number of hydrogen-bond acceptors (Lipinski definition) is 52. The quantitative estimate of drug-likeness (QED) is 0.0262. The van der Waals surface area contributed by atoms with Gasteiger partial charge in [0, 0.05) is 12.8 Å². The normalized spacial score (nSPS) is 48.0. The molecule has 9 heterocycles. The molecule has 0 aromatic heterocycles. The highest BCUT2D eigenvalue weighted by Gasteiger charge is 2.66. The number of carbonyl (C=O) groups is 2. The molecule has 0 aromatic carbocycles. The van der Waals surface area contributed by atoms with E-state index in [1.165, 1.54) is 0 Å². The molecule has 0 aliphatic carbocycles. The van der Waals surface area contributed by atoms with Gasteiger partial charge < -0.3 is 260 Å². The minimum atomic E-state index is -6.14. The van der Waals surface area contributed by atoms with Crippen molar-refractivity contribution < 1.29 is 276 Å². The van der Waals surface area contributed by atoms with Gasteiger partial charge in [0.1, 0.15) is 208 Å². The number of phosphoric ester groups is 2. The van der Waals surface area contributed by atoms with E-state index in [2.05, 4.69) is 0 Å². The average Bonchev–Trinajstić information content (AvgIpc) is 0.742. The SMILES string of the molecule is N[C@@H]1[C@@H](O)[C@H](O)[C@@H](CO[C@H]2O[C@H](CO[C@]3(C(=O)O)C[C@@H](O[C@]4(C(=O)O)C[C@@H](O)[C@@H](O)[C@@H]([C@H](O)CO)O4)[C@@H](O[C@H]4O[C@H]([C@@H](O)CO)[C@@H](O)[C@H](O[C@@H]5O[C@H]([C@H](O)CO)[C@@H](OP(=O)(O)O)[C@H](O[C@H]6O[C@H](CO[C@H]7O[C@H](CO)[C@H](O)[C@H](O)[C@H]7O)[C@@H](O)[C@H](O[C@H]7O[C@H](CO)[C@H](O)[C@H](O)[C@H]7O)[C@H]6O)[C@@H]5O)[C@@H]4O)[C@@H]([C@H](O)CO)O3)[C@@H](OP(=O)(O)O)[C@H](O)[C@H]2N)O[C@@H]1O. The highest BCUT2D eigenvalue weighted by atomic mass is 31.2. The van der Waals surface area contributed by atoms with E-state index in [1.54, 1.807) is 0 Å². The highest BCUT2D eigenvalue weighted by Crippen LogP contribution is 2.48. The number of aliphatic hydroxyl groups excluding tert-OH is 27. The van der Waals surface area contributed by atoms with E-state index in [9.17, 15) is 186 Å². The molecule has 60 heteroatoms. The predicted octanol–water partition coefficient (Wildman–Crippen LogP) is -22.0. The molecule has 0 amide bonds. The molecule has 0 bridgehead atoms. The Bertz CT molecular complexity index is 3330. The molecule has 9 saturated heterocycles. The van der Waals surface area contributed by atoms with Gasteiger partial charge >= 0.3 is 27.6 Å². The molecule has 120 heavy (non-hydrogen) atoms. The molecule has 0 saturated carbocycles. The predicted molar refractivity (Wildman–Crippen MR) is 357 cm³/mol. The first-order valence-corrected chi connectivity index (χ1v) is 39.6. The van der Waals surface area contributed by atoms with Crippen molar-refractivity contribution in [3.63, 3.8) is 0 Å². The second-order valence-corrected chi connectivity index (χ2v) is 31.9. The zero-order valence-electron chi connectivity index (χ0n) is 62.0. The summed E-state index contributed by atoms with van der Waals surface area (Å²) in [6.45, 7) is -12.0. The van der Waals surface area contributed by atoms with Crippen molar-refractivity contribution in [1.29, 1.82) is 0 Å². The molecule has 9 rings (SSSR count). The lowest BCUT2D eigenvalue weighted by atomic mass is 9.89. The van der Waals surface area contributed by atoms with Crippen molar-refractivity contribution in [3.05, 3.63) is 0 Å². The van der Waals surface area contributed by atoms with Crippen LogP contribution < -0.4 is 11.5 Å². The fraction of sp³-hybridized carbons (Fsp3) is 0.967. The first kappa shape index (κ1) is 101. The van der Waals surface area contributed by atoms with E-state index in [4.69, 9.17) is 101 Å². The van der Waals surface area contributed by atoms with Gasteiger partial charge in [-0.1, -0.05) is 0 Å². The summed E-state index contributed by atoms with van der Waals surface area (Å²) in [6, 6.07) is -3.58. The number of hydrogen-bond donors (Lipinski definition) is 35.